The van der Waals surface area contributed by atoms with Crippen LogP contribution in [0, 0.1) is 0 Å². The van der Waals surface area contributed by atoms with Gasteiger partial charge in [-0.25, -0.2) is 0 Å². The highest BCUT2D eigenvalue weighted by Crippen LogP contribution is 2.00. The molecule has 40 valence electrons. The first-order valence-electron chi connectivity index (χ1n) is 2.30. The van der Waals surface area contributed by atoms with Crippen molar-refractivity contribution in [3.63, 3.8) is 0 Å². The van der Waals surface area contributed by atoms with E-state index in [2.05, 4.69) is 0 Å². The third-order valence-corrected chi connectivity index (χ3v) is 0.980. The third kappa shape index (κ3) is 1.01. The van der Waals surface area contributed by atoms with E-state index < -0.39 is 0 Å². The van der Waals surface area contributed by atoms with E-state index in [0.717, 1.165) is 5.57 Å². The zero-order valence-electron chi connectivity index (χ0n) is 4.05. The zero-order valence-corrected chi connectivity index (χ0v) is 4.05. The summed E-state index contributed by atoms with van der Waals surface area (Å²) >= 11 is 0. The van der Waals surface area contributed by atoms with Gasteiger partial charge in [-0.1, -0.05) is 6.08 Å². The molecule has 0 fully saturated rings. The van der Waals surface area contributed by atoms with Gasteiger partial charge in [-0.05, 0) is 5.57 Å². The van der Waals surface area contributed by atoms with E-state index in [-0.39, 0.29) is 6.61 Å². The van der Waals surface area contributed by atoms with Gasteiger partial charge in [-0.3, -0.25) is 0 Å². The van der Waals surface area contributed by atoms with Crippen molar-refractivity contribution >= 4 is 0 Å². The Hall–Kier alpha value is -0.340. The molecule has 1 aliphatic rings. The van der Waals surface area contributed by atoms with Crippen LogP contribution in [0.3, 0.4) is 0 Å². The van der Waals surface area contributed by atoms with Gasteiger partial charge in [0.25, 0.3) is 0 Å². The highest BCUT2D eigenvalue weighted by Gasteiger charge is 2.00. The van der Waals surface area contributed by atoms with Gasteiger partial charge in [0.05, 0.1) is 19.8 Å². The maximum Gasteiger partial charge on any atom is 0.0703 e. The SMILES string of the molecule is OCC1=CCOC1. The molecule has 1 N–H and O–H groups in total. The van der Waals surface area contributed by atoms with Crippen LogP contribution in [0.5, 0.6) is 0 Å². The molecule has 1 rings (SSSR count). The Bertz CT molecular complexity index is 86.1. The van der Waals surface area contributed by atoms with E-state index in [4.69, 9.17) is 9.84 Å². The summed E-state index contributed by atoms with van der Waals surface area (Å²) in [6, 6.07) is 0. The molecule has 1 aliphatic heterocycles. The van der Waals surface area contributed by atoms with Crippen LogP contribution in [-0.4, -0.2) is 24.9 Å². The van der Waals surface area contributed by atoms with Crippen LogP contribution in [0.15, 0.2) is 11.6 Å². The van der Waals surface area contributed by atoms with Gasteiger partial charge < -0.3 is 9.84 Å². The van der Waals surface area contributed by atoms with E-state index in [1.165, 1.54) is 0 Å². The number of aliphatic hydroxyl groups excluding tert-OH is 1. The summed E-state index contributed by atoms with van der Waals surface area (Å²) in [4.78, 5) is 0. The van der Waals surface area contributed by atoms with Gasteiger partial charge in [0.15, 0.2) is 0 Å². The smallest absolute Gasteiger partial charge is 0.0703 e. The van der Waals surface area contributed by atoms with Gasteiger partial charge in [0.1, 0.15) is 0 Å². The molecule has 0 aromatic carbocycles. The Balaban J connectivity index is 2.36. The fraction of sp³-hybridized carbons (Fsp3) is 0.600. The normalized spacial score (nSPS) is 19.9. The van der Waals surface area contributed by atoms with Crippen molar-refractivity contribution in [3.8, 4) is 0 Å². The fourth-order valence-electron chi connectivity index (χ4n) is 0.536. The Labute approximate surface area is 42.4 Å². The average molecular weight is 100 g/mol. The van der Waals surface area contributed by atoms with Crippen molar-refractivity contribution in [1.29, 1.82) is 0 Å². The molecule has 0 saturated heterocycles. The molecular weight excluding hydrogens is 92.1 g/mol. The summed E-state index contributed by atoms with van der Waals surface area (Å²) < 4.78 is 4.90. The van der Waals surface area contributed by atoms with Gasteiger partial charge in [-0.2, -0.15) is 0 Å². The molecule has 1 heterocycles. The summed E-state index contributed by atoms with van der Waals surface area (Å²) in [6.07, 6.45) is 1.90. The molecule has 0 bridgehead atoms. The Morgan fingerprint density at radius 3 is 3.00 bits per heavy atom. The van der Waals surface area contributed by atoms with Crippen molar-refractivity contribution in [1.82, 2.24) is 0 Å². The first-order valence-corrected chi connectivity index (χ1v) is 2.30. The van der Waals surface area contributed by atoms with Crippen molar-refractivity contribution in [2.24, 2.45) is 0 Å². The standard InChI is InChI=1S/C5H8O2/c6-3-5-1-2-7-4-5/h1,6H,2-4H2. The highest BCUT2D eigenvalue weighted by atomic mass is 16.5. The van der Waals surface area contributed by atoms with E-state index in [0.29, 0.717) is 13.2 Å². The molecule has 0 atom stereocenters. The Morgan fingerprint density at radius 2 is 2.71 bits per heavy atom. The first-order chi connectivity index (χ1) is 3.43. The van der Waals surface area contributed by atoms with Crippen LogP contribution in [0.2, 0.25) is 0 Å². The summed E-state index contributed by atoms with van der Waals surface area (Å²) in [5, 5.41) is 8.42. The molecular formula is C5H8O2. The molecule has 0 unspecified atom stereocenters. The molecule has 0 spiro atoms. The van der Waals surface area contributed by atoms with Crippen molar-refractivity contribution in [2.45, 2.75) is 0 Å². The molecule has 0 radical (unpaired) electrons. The topological polar surface area (TPSA) is 29.5 Å². The van der Waals surface area contributed by atoms with Gasteiger partial charge in [-0.15, -0.1) is 0 Å². The molecule has 0 saturated carbocycles. The van der Waals surface area contributed by atoms with Crippen LogP contribution < -0.4 is 0 Å². The van der Waals surface area contributed by atoms with Crippen LogP contribution >= 0.6 is 0 Å². The largest absolute Gasteiger partial charge is 0.392 e. The van der Waals surface area contributed by atoms with Gasteiger partial charge in [0, 0.05) is 0 Å². The van der Waals surface area contributed by atoms with Crippen LogP contribution in [0.1, 0.15) is 0 Å². The minimum absolute atomic E-state index is 0.153. The lowest BCUT2D eigenvalue weighted by Gasteiger charge is -1.88. The highest BCUT2D eigenvalue weighted by molar-refractivity contribution is 5.06. The summed E-state index contributed by atoms with van der Waals surface area (Å²) in [6.45, 7) is 1.45. The fourth-order valence-corrected chi connectivity index (χ4v) is 0.536. The summed E-state index contributed by atoms with van der Waals surface area (Å²) in [5.41, 5.74) is 1.00. The third-order valence-electron chi connectivity index (χ3n) is 0.980. The summed E-state index contributed by atoms with van der Waals surface area (Å²) in [5.74, 6) is 0. The van der Waals surface area contributed by atoms with Crippen LogP contribution in [0.25, 0.3) is 0 Å². The van der Waals surface area contributed by atoms with Gasteiger partial charge >= 0.3 is 0 Å². The van der Waals surface area contributed by atoms with E-state index in [1.807, 2.05) is 6.08 Å². The molecule has 2 nitrogen and oxygen atoms in total. The van der Waals surface area contributed by atoms with Crippen molar-refractivity contribution in [2.75, 3.05) is 19.8 Å². The second kappa shape index (κ2) is 2.09. The average Bonchev–Trinajstić information content (AvgIpc) is 2.14. The number of rotatable bonds is 1. The van der Waals surface area contributed by atoms with Crippen molar-refractivity contribution < 1.29 is 9.84 Å². The van der Waals surface area contributed by atoms with Crippen LogP contribution in [0.4, 0.5) is 0 Å². The van der Waals surface area contributed by atoms with E-state index in [9.17, 15) is 0 Å². The first kappa shape index (κ1) is 4.81. The number of hydrogen-bond donors (Lipinski definition) is 1. The molecule has 0 aromatic heterocycles. The number of aliphatic hydroxyl groups is 1. The van der Waals surface area contributed by atoms with Crippen LogP contribution in [-0.2, 0) is 4.74 Å². The Kier molecular flexibility index (Phi) is 1.44. The lowest BCUT2D eigenvalue weighted by Crippen LogP contribution is -1.91. The Morgan fingerprint density at radius 1 is 1.86 bits per heavy atom. The lowest BCUT2D eigenvalue weighted by atomic mass is 10.3. The predicted molar refractivity (Wildman–Crippen MR) is 26.0 cm³/mol. The monoisotopic (exact) mass is 100 g/mol. The molecule has 0 aromatic rings. The van der Waals surface area contributed by atoms with Gasteiger partial charge in [0.2, 0.25) is 0 Å². The van der Waals surface area contributed by atoms with E-state index >= 15 is 0 Å². The second-order valence-corrected chi connectivity index (χ2v) is 1.54. The van der Waals surface area contributed by atoms with E-state index in [1.54, 1.807) is 0 Å². The lowest BCUT2D eigenvalue weighted by molar-refractivity contribution is 0.199. The second-order valence-electron chi connectivity index (χ2n) is 1.54. The molecule has 0 amide bonds. The quantitative estimate of drug-likeness (QED) is 0.467. The number of hydrogen-bond acceptors (Lipinski definition) is 2. The molecule has 0 aliphatic carbocycles. The zero-order chi connectivity index (χ0) is 5.11. The minimum Gasteiger partial charge on any atom is -0.392 e. The minimum atomic E-state index is 0.153. The summed E-state index contributed by atoms with van der Waals surface area (Å²) in [7, 11) is 0. The van der Waals surface area contributed by atoms with Crippen molar-refractivity contribution in [3.05, 3.63) is 11.6 Å². The molecule has 7 heavy (non-hydrogen) atoms. The number of ether oxygens (including phenoxy) is 1. The predicted octanol–water partition coefficient (Wildman–Crippen LogP) is -0.0647. The maximum atomic E-state index is 8.42. The maximum absolute atomic E-state index is 8.42. The molecule has 2 heteroatoms.